The first-order valence-corrected chi connectivity index (χ1v) is 6.85. The third kappa shape index (κ3) is 5.59. The van der Waals surface area contributed by atoms with Gasteiger partial charge < -0.3 is 20.5 Å². The summed E-state index contributed by atoms with van der Waals surface area (Å²) in [4.78, 5) is 0. The van der Waals surface area contributed by atoms with Crippen molar-refractivity contribution in [1.29, 1.82) is 0 Å². The first kappa shape index (κ1) is 16.0. The molecule has 0 saturated heterocycles. The molecule has 0 aliphatic heterocycles. The van der Waals surface area contributed by atoms with Crippen LogP contribution in [0.4, 0.5) is 0 Å². The Hall–Kier alpha value is -1.10. The number of ether oxygens (including phenoxy) is 2. The average Bonchev–Trinajstić information content (AvgIpc) is 2.40. The van der Waals surface area contributed by atoms with Gasteiger partial charge in [-0.2, -0.15) is 0 Å². The number of hydrogen-bond acceptors (Lipinski definition) is 4. The minimum atomic E-state index is 0.585. The predicted octanol–water partition coefficient (Wildman–Crippen LogP) is 1.56. The number of nitrogens with one attached hydrogen (secondary N) is 1. The first-order valence-electron chi connectivity index (χ1n) is 6.85. The summed E-state index contributed by atoms with van der Waals surface area (Å²) in [5, 5.41) is 3.18. The highest BCUT2D eigenvalue weighted by molar-refractivity contribution is 5.44. The largest absolute Gasteiger partial charge is 0.491 e. The Kier molecular flexibility index (Phi) is 7.48. The van der Waals surface area contributed by atoms with E-state index in [1.54, 1.807) is 0 Å². The fraction of sp³-hybridized carbons (Fsp3) is 0.600. The highest BCUT2D eigenvalue weighted by Gasteiger charge is 2.05. The van der Waals surface area contributed by atoms with E-state index in [9.17, 15) is 0 Å². The molecule has 0 aromatic heterocycles. The molecular formula is C15H26N2O2. The van der Waals surface area contributed by atoms with Crippen molar-refractivity contribution in [3.63, 3.8) is 0 Å². The van der Waals surface area contributed by atoms with Gasteiger partial charge in [0.05, 0.1) is 13.2 Å². The molecule has 1 aromatic carbocycles. The molecule has 3 N–H and O–H groups in total. The zero-order valence-electron chi connectivity index (χ0n) is 12.3. The Balaban J connectivity index is 2.21. The van der Waals surface area contributed by atoms with Gasteiger partial charge in [0.25, 0.3) is 0 Å². The van der Waals surface area contributed by atoms with Crippen LogP contribution in [0.1, 0.15) is 16.7 Å². The summed E-state index contributed by atoms with van der Waals surface area (Å²) < 4.78 is 11.3. The van der Waals surface area contributed by atoms with Gasteiger partial charge in [0, 0.05) is 19.6 Å². The topological polar surface area (TPSA) is 56.5 Å². The Morgan fingerprint density at radius 3 is 2.47 bits per heavy atom. The van der Waals surface area contributed by atoms with E-state index in [0.717, 1.165) is 18.8 Å². The van der Waals surface area contributed by atoms with Crippen LogP contribution in [0.25, 0.3) is 0 Å². The van der Waals surface area contributed by atoms with Crippen molar-refractivity contribution in [2.75, 3.05) is 39.5 Å². The number of benzene rings is 1. The van der Waals surface area contributed by atoms with E-state index in [-0.39, 0.29) is 0 Å². The van der Waals surface area contributed by atoms with E-state index >= 15 is 0 Å². The lowest BCUT2D eigenvalue weighted by atomic mass is 10.1. The van der Waals surface area contributed by atoms with Gasteiger partial charge in [-0.25, -0.2) is 0 Å². The van der Waals surface area contributed by atoms with Crippen molar-refractivity contribution in [2.45, 2.75) is 20.8 Å². The fourth-order valence-electron chi connectivity index (χ4n) is 1.82. The second-order valence-corrected chi connectivity index (χ2v) is 4.65. The molecule has 1 rings (SSSR count). The zero-order chi connectivity index (χ0) is 14.1. The third-order valence-electron chi connectivity index (χ3n) is 3.09. The van der Waals surface area contributed by atoms with E-state index in [1.807, 2.05) is 0 Å². The van der Waals surface area contributed by atoms with E-state index in [1.165, 1.54) is 16.7 Å². The summed E-state index contributed by atoms with van der Waals surface area (Å²) >= 11 is 0. The summed E-state index contributed by atoms with van der Waals surface area (Å²) in [5.41, 5.74) is 9.02. The summed E-state index contributed by atoms with van der Waals surface area (Å²) in [5.74, 6) is 0.991. The number of aryl methyl sites for hydroxylation is 2. The lowest BCUT2D eigenvalue weighted by Crippen LogP contribution is -2.26. The fourth-order valence-corrected chi connectivity index (χ4v) is 1.82. The Labute approximate surface area is 116 Å². The summed E-state index contributed by atoms with van der Waals surface area (Å²) in [6.45, 7) is 10.5. The Morgan fingerprint density at radius 1 is 1.00 bits per heavy atom. The highest BCUT2D eigenvalue weighted by atomic mass is 16.5. The lowest BCUT2D eigenvalue weighted by molar-refractivity contribution is 0.101. The number of nitrogens with two attached hydrogens (primary N) is 1. The van der Waals surface area contributed by atoms with Crippen LogP contribution in [0.2, 0.25) is 0 Å². The lowest BCUT2D eigenvalue weighted by Gasteiger charge is -2.14. The quantitative estimate of drug-likeness (QED) is 0.666. The maximum atomic E-state index is 5.81. The molecule has 0 bridgehead atoms. The van der Waals surface area contributed by atoms with Crippen LogP contribution in [0.3, 0.4) is 0 Å². The molecule has 0 aliphatic carbocycles. The van der Waals surface area contributed by atoms with E-state index < -0.39 is 0 Å². The van der Waals surface area contributed by atoms with E-state index in [2.05, 4.69) is 38.2 Å². The second-order valence-electron chi connectivity index (χ2n) is 4.65. The van der Waals surface area contributed by atoms with Crippen LogP contribution in [0.5, 0.6) is 5.75 Å². The minimum Gasteiger partial charge on any atom is -0.491 e. The molecule has 0 fully saturated rings. The maximum absolute atomic E-state index is 5.81. The van der Waals surface area contributed by atoms with Gasteiger partial charge in [-0.05, 0) is 37.5 Å². The van der Waals surface area contributed by atoms with Gasteiger partial charge in [0.1, 0.15) is 12.4 Å². The average molecular weight is 266 g/mol. The molecule has 0 saturated carbocycles. The van der Waals surface area contributed by atoms with Crippen LogP contribution in [0.15, 0.2) is 12.1 Å². The molecule has 0 radical (unpaired) electrons. The maximum Gasteiger partial charge on any atom is 0.125 e. The summed E-state index contributed by atoms with van der Waals surface area (Å²) in [7, 11) is 0. The van der Waals surface area contributed by atoms with Crippen molar-refractivity contribution in [3.8, 4) is 5.75 Å². The van der Waals surface area contributed by atoms with Crippen LogP contribution in [-0.2, 0) is 4.74 Å². The monoisotopic (exact) mass is 266 g/mol. The number of hydrogen-bond donors (Lipinski definition) is 2. The molecule has 19 heavy (non-hydrogen) atoms. The standard InChI is InChI=1S/C15H26N2O2/c1-12-4-5-13(2)15(14(12)3)19-11-10-18-9-8-17-7-6-16/h4-5,17H,6-11,16H2,1-3H3. The van der Waals surface area contributed by atoms with Gasteiger partial charge in [0.2, 0.25) is 0 Å². The summed E-state index contributed by atoms with van der Waals surface area (Å²) in [6, 6.07) is 4.21. The van der Waals surface area contributed by atoms with Gasteiger partial charge in [-0.15, -0.1) is 0 Å². The molecule has 108 valence electrons. The first-order chi connectivity index (χ1) is 9.16. The van der Waals surface area contributed by atoms with Crippen LogP contribution in [-0.4, -0.2) is 39.5 Å². The van der Waals surface area contributed by atoms with Crippen molar-refractivity contribution in [1.82, 2.24) is 5.32 Å². The zero-order valence-corrected chi connectivity index (χ0v) is 12.3. The molecule has 0 aliphatic rings. The van der Waals surface area contributed by atoms with E-state index in [4.69, 9.17) is 15.2 Å². The Morgan fingerprint density at radius 2 is 1.74 bits per heavy atom. The van der Waals surface area contributed by atoms with Crippen molar-refractivity contribution in [2.24, 2.45) is 5.73 Å². The molecular weight excluding hydrogens is 240 g/mol. The van der Waals surface area contributed by atoms with Crippen molar-refractivity contribution < 1.29 is 9.47 Å². The molecule has 0 spiro atoms. The molecule has 1 aromatic rings. The Bertz CT molecular complexity index is 381. The molecule has 0 unspecified atom stereocenters. The second kappa shape index (κ2) is 8.91. The van der Waals surface area contributed by atoms with Crippen molar-refractivity contribution in [3.05, 3.63) is 28.8 Å². The highest BCUT2D eigenvalue weighted by Crippen LogP contribution is 2.25. The van der Waals surface area contributed by atoms with Gasteiger partial charge in [0.15, 0.2) is 0 Å². The van der Waals surface area contributed by atoms with Gasteiger partial charge in [-0.3, -0.25) is 0 Å². The third-order valence-corrected chi connectivity index (χ3v) is 3.09. The normalized spacial score (nSPS) is 10.7. The minimum absolute atomic E-state index is 0.585. The number of rotatable bonds is 9. The van der Waals surface area contributed by atoms with E-state index in [0.29, 0.717) is 26.4 Å². The molecule has 4 nitrogen and oxygen atoms in total. The van der Waals surface area contributed by atoms with Gasteiger partial charge >= 0.3 is 0 Å². The predicted molar refractivity (Wildman–Crippen MR) is 78.9 cm³/mol. The molecule has 0 heterocycles. The smallest absolute Gasteiger partial charge is 0.125 e. The van der Waals surface area contributed by atoms with Crippen LogP contribution in [0, 0.1) is 20.8 Å². The van der Waals surface area contributed by atoms with Crippen molar-refractivity contribution >= 4 is 0 Å². The van der Waals surface area contributed by atoms with Crippen LogP contribution < -0.4 is 15.8 Å². The molecule has 0 amide bonds. The molecule has 4 heteroatoms. The van der Waals surface area contributed by atoms with Gasteiger partial charge in [-0.1, -0.05) is 12.1 Å². The SMILES string of the molecule is Cc1ccc(C)c(OCCOCCNCCN)c1C. The molecule has 0 atom stereocenters. The van der Waals surface area contributed by atoms with Crippen LogP contribution >= 0.6 is 0 Å². The summed E-state index contributed by atoms with van der Waals surface area (Å²) in [6.07, 6.45) is 0.